The Balaban J connectivity index is 1.49. The fourth-order valence-electron chi connectivity index (χ4n) is 4.02. The third-order valence-corrected chi connectivity index (χ3v) is 6.17. The summed E-state index contributed by atoms with van der Waals surface area (Å²) in [6.45, 7) is 7.95. The lowest BCUT2D eigenvalue weighted by Crippen LogP contribution is -2.44. The summed E-state index contributed by atoms with van der Waals surface area (Å²) in [6, 6.07) is 13.9. The van der Waals surface area contributed by atoms with Crippen LogP contribution in [0, 0.1) is 5.92 Å². The van der Waals surface area contributed by atoms with Gasteiger partial charge in [0.25, 0.3) is 6.01 Å². The van der Waals surface area contributed by atoms with Crippen molar-refractivity contribution in [2.75, 3.05) is 19.7 Å². The van der Waals surface area contributed by atoms with E-state index < -0.39 is 5.60 Å². The van der Waals surface area contributed by atoms with E-state index in [1.54, 1.807) is 11.0 Å². The fourth-order valence-corrected chi connectivity index (χ4v) is 4.49. The van der Waals surface area contributed by atoms with Crippen LogP contribution in [-0.4, -0.2) is 45.8 Å². The van der Waals surface area contributed by atoms with Gasteiger partial charge < -0.3 is 14.4 Å². The Kier molecular flexibility index (Phi) is 7.05. The van der Waals surface area contributed by atoms with Crippen LogP contribution < -0.4 is 4.74 Å². The molecule has 4 rings (SSSR count). The number of amides is 1. The first-order valence-corrected chi connectivity index (χ1v) is 11.9. The van der Waals surface area contributed by atoms with Crippen molar-refractivity contribution < 1.29 is 14.3 Å². The Labute approximate surface area is 204 Å². The molecular weight excluding hydrogens is 461 g/mol. The number of fused-ring (bicyclic) bond motifs is 1. The fraction of sp³-hybridized carbons (Fsp3) is 0.440. The van der Waals surface area contributed by atoms with Crippen LogP contribution in [-0.2, 0) is 11.3 Å². The third kappa shape index (κ3) is 5.92. The maximum atomic E-state index is 12.5. The van der Waals surface area contributed by atoms with Crippen molar-refractivity contribution in [3.05, 3.63) is 58.1 Å². The number of hydrogen-bond donors (Lipinski definition) is 0. The Morgan fingerprint density at radius 3 is 2.73 bits per heavy atom. The molecule has 0 bridgehead atoms. The van der Waals surface area contributed by atoms with Crippen LogP contribution in [0.3, 0.4) is 0 Å². The first-order chi connectivity index (χ1) is 15.7. The molecular formula is C25H29Cl2N3O3. The topological polar surface area (TPSA) is 56.6 Å². The molecule has 33 heavy (non-hydrogen) atoms. The predicted octanol–water partition coefficient (Wildman–Crippen LogP) is 6.42. The molecule has 1 aliphatic rings. The quantitative estimate of drug-likeness (QED) is 0.414. The molecule has 2 heterocycles. The van der Waals surface area contributed by atoms with E-state index in [0.29, 0.717) is 42.3 Å². The third-order valence-electron chi connectivity index (χ3n) is 5.58. The smallest absolute Gasteiger partial charge is 0.410 e. The molecule has 2 aromatic carbocycles. The average molecular weight is 490 g/mol. The summed E-state index contributed by atoms with van der Waals surface area (Å²) in [6.07, 6.45) is 1.64. The van der Waals surface area contributed by atoms with Crippen LogP contribution in [0.2, 0.25) is 10.0 Å². The van der Waals surface area contributed by atoms with Gasteiger partial charge in [0.1, 0.15) is 5.60 Å². The molecule has 0 aliphatic carbocycles. The number of nitrogens with zero attached hydrogens (tertiary/aromatic N) is 3. The van der Waals surface area contributed by atoms with Crippen molar-refractivity contribution in [3.8, 4) is 6.01 Å². The number of para-hydroxylation sites is 2. The second-order valence-electron chi connectivity index (χ2n) is 9.45. The van der Waals surface area contributed by atoms with Crippen LogP contribution in [0.5, 0.6) is 6.01 Å². The largest absolute Gasteiger partial charge is 0.464 e. The molecule has 0 radical (unpaired) electrons. The molecule has 176 valence electrons. The summed E-state index contributed by atoms with van der Waals surface area (Å²) in [5.74, 6) is 0.207. The van der Waals surface area contributed by atoms with E-state index in [0.717, 1.165) is 29.4 Å². The summed E-state index contributed by atoms with van der Waals surface area (Å²) >= 11 is 12.5. The number of rotatable bonds is 5. The second-order valence-corrected chi connectivity index (χ2v) is 10.3. The number of carbonyl (C=O) groups excluding carboxylic acids is 1. The Morgan fingerprint density at radius 1 is 1.18 bits per heavy atom. The normalized spacial score (nSPS) is 16.8. The van der Waals surface area contributed by atoms with Crippen molar-refractivity contribution in [2.45, 2.75) is 45.8 Å². The molecule has 6 nitrogen and oxygen atoms in total. The molecule has 0 saturated carbocycles. The standard InChI is InChI=1S/C25H29Cl2N3O3/c1-25(2,3)33-24(31)29-12-6-7-17(14-29)16-32-23-28-21-8-4-5-9-22(21)30(23)15-18-10-11-19(26)13-20(18)27/h4-5,8-11,13,17H,6-7,12,14-16H2,1-3H3/t17-/m0/s1. The van der Waals surface area contributed by atoms with Gasteiger partial charge >= 0.3 is 6.09 Å². The Hall–Kier alpha value is -2.44. The number of carbonyl (C=O) groups is 1. The second kappa shape index (κ2) is 9.82. The minimum Gasteiger partial charge on any atom is -0.464 e. The van der Waals surface area contributed by atoms with Crippen LogP contribution in [0.15, 0.2) is 42.5 Å². The monoisotopic (exact) mass is 489 g/mol. The molecule has 0 unspecified atom stereocenters. The highest BCUT2D eigenvalue weighted by Crippen LogP contribution is 2.28. The van der Waals surface area contributed by atoms with Gasteiger partial charge in [-0.25, -0.2) is 4.79 Å². The highest BCUT2D eigenvalue weighted by atomic mass is 35.5. The number of benzene rings is 2. The van der Waals surface area contributed by atoms with Gasteiger partial charge in [0, 0.05) is 29.1 Å². The summed E-state index contributed by atoms with van der Waals surface area (Å²) in [4.78, 5) is 19.0. The van der Waals surface area contributed by atoms with Gasteiger partial charge in [-0.3, -0.25) is 4.57 Å². The molecule has 1 atom stereocenters. The van der Waals surface area contributed by atoms with Gasteiger partial charge in [-0.2, -0.15) is 4.98 Å². The number of halogens is 2. The zero-order chi connectivity index (χ0) is 23.6. The SMILES string of the molecule is CC(C)(C)OC(=O)N1CCC[C@H](COc2nc3ccccc3n2Cc2ccc(Cl)cc2Cl)C1. The number of hydrogen-bond acceptors (Lipinski definition) is 4. The van der Waals surface area contributed by atoms with Crippen molar-refractivity contribution >= 4 is 40.3 Å². The molecule has 0 spiro atoms. The first-order valence-electron chi connectivity index (χ1n) is 11.2. The van der Waals surface area contributed by atoms with Gasteiger partial charge in [-0.05, 0) is 63.4 Å². The lowest BCUT2D eigenvalue weighted by Gasteiger charge is -2.33. The van der Waals surface area contributed by atoms with Gasteiger partial charge in [0.05, 0.1) is 24.2 Å². The van der Waals surface area contributed by atoms with Gasteiger partial charge in [-0.1, -0.05) is 41.4 Å². The Morgan fingerprint density at radius 2 is 1.97 bits per heavy atom. The number of likely N-dealkylation sites (tertiary alicyclic amines) is 1. The summed E-state index contributed by atoms with van der Waals surface area (Å²) in [7, 11) is 0. The summed E-state index contributed by atoms with van der Waals surface area (Å²) in [5.41, 5.74) is 2.26. The predicted molar refractivity (Wildman–Crippen MR) is 131 cm³/mol. The number of aromatic nitrogens is 2. The molecule has 1 saturated heterocycles. The minimum absolute atomic E-state index is 0.207. The van der Waals surface area contributed by atoms with E-state index in [-0.39, 0.29) is 12.0 Å². The zero-order valence-corrected chi connectivity index (χ0v) is 20.7. The van der Waals surface area contributed by atoms with Crippen molar-refractivity contribution in [1.82, 2.24) is 14.5 Å². The first kappa shape index (κ1) is 23.7. The van der Waals surface area contributed by atoms with Crippen molar-refractivity contribution in [1.29, 1.82) is 0 Å². The van der Waals surface area contributed by atoms with Crippen LogP contribution in [0.4, 0.5) is 4.79 Å². The van der Waals surface area contributed by atoms with E-state index >= 15 is 0 Å². The lowest BCUT2D eigenvalue weighted by atomic mass is 9.99. The molecule has 1 amide bonds. The Bertz CT molecular complexity index is 1140. The van der Waals surface area contributed by atoms with E-state index in [4.69, 9.17) is 37.7 Å². The highest BCUT2D eigenvalue weighted by molar-refractivity contribution is 6.35. The number of piperidine rings is 1. The minimum atomic E-state index is -0.506. The maximum Gasteiger partial charge on any atom is 0.410 e. The van der Waals surface area contributed by atoms with E-state index in [9.17, 15) is 4.79 Å². The molecule has 1 aromatic heterocycles. The number of ether oxygens (including phenoxy) is 2. The van der Waals surface area contributed by atoms with Gasteiger partial charge in [-0.15, -0.1) is 0 Å². The van der Waals surface area contributed by atoms with Crippen molar-refractivity contribution in [3.63, 3.8) is 0 Å². The van der Waals surface area contributed by atoms with Crippen LogP contribution in [0.25, 0.3) is 11.0 Å². The molecule has 1 aliphatic heterocycles. The van der Waals surface area contributed by atoms with E-state index in [1.165, 1.54) is 0 Å². The maximum absolute atomic E-state index is 12.5. The summed E-state index contributed by atoms with van der Waals surface area (Å²) in [5, 5.41) is 1.20. The van der Waals surface area contributed by atoms with Crippen LogP contribution in [0.1, 0.15) is 39.2 Å². The van der Waals surface area contributed by atoms with Gasteiger partial charge in [0.15, 0.2) is 0 Å². The molecule has 1 fully saturated rings. The average Bonchev–Trinajstić information content (AvgIpc) is 3.10. The number of imidazole rings is 1. The lowest BCUT2D eigenvalue weighted by molar-refractivity contribution is 0.0136. The van der Waals surface area contributed by atoms with Crippen molar-refractivity contribution in [2.24, 2.45) is 5.92 Å². The molecule has 8 heteroatoms. The van der Waals surface area contributed by atoms with Gasteiger partial charge in [0.2, 0.25) is 0 Å². The van der Waals surface area contributed by atoms with E-state index in [2.05, 4.69) is 0 Å². The molecule has 3 aromatic rings. The zero-order valence-electron chi connectivity index (χ0n) is 19.2. The van der Waals surface area contributed by atoms with E-state index in [1.807, 2.05) is 61.7 Å². The summed E-state index contributed by atoms with van der Waals surface area (Å²) < 4.78 is 13.8. The molecule has 0 N–H and O–H groups in total. The van der Waals surface area contributed by atoms with Crippen LogP contribution >= 0.6 is 23.2 Å². The highest BCUT2D eigenvalue weighted by Gasteiger charge is 2.28.